The Kier molecular flexibility index (Phi) is 2.69. The zero-order valence-corrected chi connectivity index (χ0v) is 7.04. The van der Waals surface area contributed by atoms with Gasteiger partial charge in [0.05, 0.1) is 0 Å². The van der Waals surface area contributed by atoms with Gasteiger partial charge in [0.1, 0.15) is 13.7 Å². The third kappa shape index (κ3) is 2.27. The second kappa shape index (κ2) is 3.76. The molecular formula is C9H11BN2. The van der Waals surface area contributed by atoms with Gasteiger partial charge < -0.3 is 5.73 Å². The molecule has 2 nitrogen and oxygen atoms in total. The summed E-state index contributed by atoms with van der Waals surface area (Å²) in [4.78, 5) is 0. The first kappa shape index (κ1) is 8.59. The maximum Gasteiger partial charge on any atom is 0.140 e. The number of benzene rings is 1. The van der Waals surface area contributed by atoms with E-state index in [1.807, 2.05) is 38.2 Å². The number of rotatable bonds is 2. The van der Waals surface area contributed by atoms with E-state index in [4.69, 9.17) is 11.1 Å². The van der Waals surface area contributed by atoms with Crippen LogP contribution in [0.2, 0.25) is 0 Å². The Morgan fingerprint density at radius 3 is 2.42 bits per heavy atom. The summed E-state index contributed by atoms with van der Waals surface area (Å²) < 4.78 is 0. The van der Waals surface area contributed by atoms with E-state index in [0.717, 1.165) is 11.0 Å². The predicted molar refractivity (Wildman–Crippen MR) is 54.9 cm³/mol. The van der Waals surface area contributed by atoms with Crippen molar-refractivity contribution in [2.45, 2.75) is 0 Å². The Morgan fingerprint density at radius 1 is 1.33 bits per heavy atom. The molecule has 0 radical (unpaired) electrons. The molecule has 0 fully saturated rings. The summed E-state index contributed by atoms with van der Waals surface area (Å²) in [7, 11) is 1.94. The van der Waals surface area contributed by atoms with Crippen LogP contribution in [0.15, 0.2) is 36.4 Å². The van der Waals surface area contributed by atoms with E-state index in [9.17, 15) is 0 Å². The summed E-state index contributed by atoms with van der Waals surface area (Å²) in [6.45, 7) is 0. The summed E-state index contributed by atoms with van der Waals surface area (Å²) in [6, 6.07) is 9.88. The van der Waals surface area contributed by atoms with Crippen LogP contribution in [0.4, 0.5) is 0 Å². The Hall–Kier alpha value is -1.51. The maximum absolute atomic E-state index is 7.08. The minimum absolute atomic E-state index is 0.0938. The molecule has 0 aliphatic carbocycles. The zero-order valence-electron chi connectivity index (χ0n) is 7.04. The van der Waals surface area contributed by atoms with Crippen LogP contribution in [0.1, 0.15) is 5.56 Å². The summed E-state index contributed by atoms with van der Waals surface area (Å²) in [5, 5.41) is 7.08. The van der Waals surface area contributed by atoms with Gasteiger partial charge in [0.2, 0.25) is 0 Å². The highest BCUT2D eigenvalue weighted by molar-refractivity contribution is 6.44. The van der Waals surface area contributed by atoms with E-state index >= 15 is 0 Å². The van der Waals surface area contributed by atoms with Crippen LogP contribution in [0.25, 0.3) is 5.47 Å². The number of amidine groups is 1. The second-order valence-electron chi connectivity index (χ2n) is 2.65. The quantitative estimate of drug-likeness (QED) is 0.369. The van der Waals surface area contributed by atoms with Crippen molar-refractivity contribution in [1.29, 1.82) is 5.41 Å². The molecule has 0 atom stereocenters. The Morgan fingerprint density at radius 2 is 1.92 bits per heavy atom. The zero-order chi connectivity index (χ0) is 8.97. The van der Waals surface area contributed by atoms with Crippen molar-refractivity contribution in [1.82, 2.24) is 0 Å². The molecule has 0 aromatic heterocycles. The van der Waals surface area contributed by atoms with Crippen LogP contribution in [-0.4, -0.2) is 13.7 Å². The lowest BCUT2D eigenvalue weighted by Crippen LogP contribution is -2.05. The molecule has 1 aromatic carbocycles. The molecule has 1 aromatic rings. The smallest absolute Gasteiger partial charge is 0.140 e. The molecule has 0 saturated heterocycles. The molecule has 0 saturated carbocycles. The van der Waals surface area contributed by atoms with Gasteiger partial charge in [0.25, 0.3) is 0 Å². The van der Waals surface area contributed by atoms with Crippen molar-refractivity contribution >= 4 is 19.2 Å². The molecule has 3 heteroatoms. The fraction of sp³-hybridized carbons (Fsp3) is 0. The lowest BCUT2D eigenvalue weighted by atomic mass is 9.88. The molecule has 0 aliphatic rings. The number of nitrogens with one attached hydrogen (secondary N) is 1. The summed E-state index contributed by atoms with van der Waals surface area (Å²) in [5.74, 6) is 0.0938. The van der Waals surface area contributed by atoms with Crippen molar-refractivity contribution in [3.63, 3.8) is 0 Å². The van der Waals surface area contributed by atoms with Gasteiger partial charge in [-0.15, -0.1) is 0 Å². The minimum Gasteiger partial charge on any atom is -0.384 e. The van der Waals surface area contributed by atoms with Gasteiger partial charge in [-0.05, 0) is 11.6 Å². The average Bonchev–Trinajstić information content (AvgIpc) is 2.05. The molecule has 3 N–H and O–H groups in total. The van der Waals surface area contributed by atoms with E-state index in [0.29, 0.717) is 0 Å². The first-order valence-electron chi connectivity index (χ1n) is 3.78. The fourth-order valence-electron chi connectivity index (χ4n) is 1.02. The maximum atomic E-state index is 7.08. The number of nitrogens with two attached hydrogens (primary N) is 1. The third-order valence-corrected chi connectivity index (χ3v) is 1.60. The van der Waals surface area contributed by atoms with Crippen LogP contribution in [0.5, 0.6) is 0 Å². The largest absolute Gasteiger partial charge is 0.384 e. The molecule has 12 heavy (non-hydrogen) atoms. The van der Waals surface area contributed by atoms with Gasteiger partial charge in [0.15, 0.2) is 0 Å². The fourth-order valence-corrected chi connectivity index (χ4v) is 1.02. The summed E-state index contributed by atoms with van der Waals surface area (Å²) in [6.07, 6.45) is 1.65. The highest BCUT2D eigenvalue weighted by atomic mass is 14.7. The first-order valence-corrected chi connectivity index (χ1v) is 3.78. The van der Waals surface area contributed by atoms with E-state index in [2.05, 4.69) is 0 Å². The molecule has 0 heterocycles. The first-order chi connectivity index (χ1) is 5.70. The summed E-state index contributed by atoms with van der Waals surface area (Å²) >= 11 is 0. The van der Waals surface area contributed by atoms with Crippen LogP contribution >= 0.6 is 0 Å². The minimum atomic E-state index is 0.0938. The van der Waals surface area contributed by atoms with Crippen LogP contribution in [0.3, 0.4) is 0 Å². The monoisotopic (exact) mass is 158 g/mol. The normalized spacial score (nSPS) is 11.2. The highest BCUT2D eigenvalue weighted by Crippen LogP contribution is 2.08. The number of hydrogen-bond donors (Lipinski definition) is 2. The lowest BCUT2D eigenvalue weighted by Gasteiger charge is -1.99. The van der Waals surface area contributed by atoms with Gasteiger partial charge in [-0.3, -0.25) is 5.41 Å². The van der Waals surface area contributed by atoms with Gasteiger partial charge in [-0.1, -0.05) is 35.8 Å². The average molecular weight is 158 g/mol. The molecular weight excluding hydrogens is 147 g/mol. The van der Waals surface area contributed by atoms with E-state index < -0.39 is 0 Å². The van der Waals surface area contributed by atoms with Gasteiger partial charge in [-0.25, -0.2) is 0 Å². The molecule has 60 valence electrons. The SMILES string of the molecule is B/C(=C\C(=N)N)c1ccccc1. The standard InChI is InChI=1S/C9H11BN2/c10-8(6-9(11)12)7-4-2-1-3-5-7/h1-6H,10H2,(H3,11,12)/b8-6-. The molecule has 0 unspecified atom stereocenters. The van der Waals surface area contributed by atoms with Crippen molar-refractivity contribution in [3.05, 3.63) is 42.0 Å². The van der Waals surface area contributed by atoms with Crippen LogP contribution in [0, 0.1) is 5.41 Å². The molecule has 0 bridgehead atoms. The summed E-state index contributed by atoms with van der Waals surface area (Å²) in [5.41, 5.74) is 7.36. The van der Waals surface area contributed by atoms with Crippen molar-refractivity contribution in [2.75, 3.05) is 0 Å². The van der Waals surface area contributed by atoms with Gasteiger partial charge in [0, 0.05) is 0 Å². The van der Waals surface area contributed by atoms with Crippen LogP contribution < -0.4 is 5.73 Å². The highest BCUT2D eigenvalue weighted by Gasteiger charge is 1.92. The number of hydrogen-bond acceptors (Lipinski definition) is 1. The van der Waals surface area contributed by atoms with Gasteiger partial charge in [-0.2, -0.15) is 0 Å². The molecule has 0 aliphatic heterocycles. The van der Waals surface area contributed by atoms with E-state index in [-0.39, 0.29) is 5.84 Å². The predicted octanol–water partition coefficient (Wildman–Crippen LogP) is 0.597. The topological polar surface area (TPSA) is 49.9 Å². The Bertz CT molecular complexity index is 304. The van der Waals surface area contributed by atoms with Crippen LogP contribution in [-0.2, 0) is 0 Å². The molecule has 0 amide bonds. The van der Waals surface area contributed by atoms with Gasteiger partial charge >= 0.3 is 0 Å². The van der Waals surface area contributed by atoms with Crippen molar-refractivity contribution in [3.8, 4) is 0 Å². The second-order valence-corrected chi connectivity index (χ2v) is 2.65. The lowest BCUT2D eigenvalue weighted by molar-refractivity contribution is 1.47. The molecule has 1 rings (SSSR count). The van der Waals surface area contributed by atoms with E-state index in [1.165, 1.54) is 0 Å². The van der Waals surface area contributed by atoms with E-state index in [1.54, 1.807) is 6.08 Å². The molecule has 0 spiro atoms. The van der Waals surface area contributed by atoms with Crippen molar-refractivity contribution < 1.29 is 0 Å². The third-order valence-electron chi connectivity index (χ3n) is 1.60. The van der Waals surface area contributed by atoms with Crippen molar-refractivity contribution in [2.24, 2.45) is 5.73 Å². The Balaban J connectivity index is 2.93. The Labute approximate surface area is 73.0 Å².